The van der Waals surface area contributed by atoms with Gasteiger partial charge in [0.15, 0.2) is 11.5 Å². The van der Waals surface area contributed by atoms with Gasteiger partial charge in [0, 0.05) is 13.1 Å². The maximum Gasteiger partial charge on any atom is 0.241 e. The van der Waals surface area contributed by atoms with Crippen LogP contribution < -0.4 is 0 Å². The molecule has 1 aliphatic heterocycles. The first-order valence-electron chi connectivity index (χ1n) is 9.51. The minimum atomic E-state index is 0.477. The summed E-state index contributed by atoms with van der Waals surface area (Å²) < 4.78 is 21.4. The van der Waals surface area contributed by atoms with Crippen molar-refractivity contribution in [3.63, 3.8) is 0 Å². The van der Waals surface area contributed by atoms with Crippen LogP contribution in [0, 0.1) is 0 Å². The van der Waals surface area contributed by atoms with E-state index >= 15 is 0 Å². The maximum atomic E-state index is 5.37. The highest BCUT2D eigenvalue weighted by atomic mass is 16.5. The summed E-state index contributed by atoms with van der Waals surface area (Å²) in [5.41, 5.74) is 0. The van der Waals surface area contributed by atoms with E-state index in [9.17, 15) is 0 Å². The Bertz CT molecular complexity index is 941. The van der Waals surface area contributed by atoms with Crippen molar-refractivity contribution in [2.24, 2.45) is 0 Å². The molecule has 0 amide bonds. The van der Waals surface area contributed by atoms with E-state index in [1.807, 2.05) is 12.1 Å². The van der Waals surface area contributed by atoms with Gasteiger partial charge in [-0.3, -0.25) is 9.80 Å². The Balaban J connectivity index is 1.16. The van der Waals surface area contributed by atoms with E-state index in [4.69, 9.17) is 17.9 Å². The van der Waals surface area contributed by atoms with E-state index in [0.717, 1.165) is 32.6 Å². The Hall–Kier alpha value is -3.24. The second kappa shape index (κ2) is 8.02. The van der Waals surface area contributed by atoms with Crippen molar-refractivity contribution in [1.29, 1.82) is 0 Å². The summed E-state index contributed by atoms with van der Waals surface area (Å²) in [6, 6.07) is 7.23. The van der Waals surface area contributed by atoms with Crippen LogP contribution in [0.25, 0.3) is 23.2 Å². The average molecular weight is 396 g/mol. The van der Waals surface area contributed by atoms with Gasteiger partial charge in [-0.05, 0) is 43.8 Å². The van der Waals surface area contributed by atoms with Gasteiger partial charge in [-0.2, -0.15) is 9.97 Å². The van der Waals surface area contributed by atoms with E-state index in [1.165, 1.54) is 0 Å². The molecule has 0 N–H and O–H groups in total. The molecule has 0 saturated carbocycles. The molecule has 150 valence electrons. The Morgan fingerprint density at radius 1 is 0.724 bits per heavy atom. The highest BCUT2D eigenvalue weighted by molar-refractivity contribution is 5.45. The van der Waals surface area contributed by atoms with Crippen molar-refractivity contribution in [2.45, 2.75) is 19.5 Å². The summed E-state index contributed by atoms with van der Waals surface area (Å²) in [5.74, 6) is 3.34. The fourth-order valence-electron chi connectivity index (χ4n) is 3.37. The summed E-state index contributed by atoms with van der Waals surface area (Å²) in [5, 5.41) is 7.98. The molecule has 0 unspecified atom stereocenters. The molecule has 5 heterocycles. The molecule has 1 saturated heterocycles. The molecule has 0 atom stereocenters. The van der Waals surface area contributed by atoms with Crippen LogP contribution in [-0.4, -0.2) is 56.3 Å². The Labute approximate surface area is 166 Å². The molecular weight excluding hydrogens is 376 g/mol. The lowest BCUT2D eigenvalue weighted by atomic mass is 10.3. The molecule has 10 heteroatoms. The van der Waals surface area contributed by atoms with Gasteiger partial charge >= 0.3 is 0 Å². The SMILES string of the molecule is c1coc(-c2noc(CN3CCCN(Cc4nc(-c5ccco5)no4)CC3)n2)c1. The highest BCUT2D eigenvalue weighted by Crippen LogP contribution is 2.18. The van der Waals surface area contributed by atoms with Gasteiger partial charge in [0.2, 0.25) is 23.4 Å². The summed E-state index contributed by atoms with van der Waals surface area (Å²) in [7, 11) is 0. The van der Waals surface area contributed by atoms with E-state index in [0.29, 0.717) is 48.0 Å². The van der Waals surface area contributed by atoms with Gasteiger partial charge in [0.05, 0.1) is 25.6 Å². The average Bonchev–Trinajstić information content (AvgIpc) is 3.51. The fraction of sp³-hybridized carbons (Fsp3) is 0.368. The summed E-state index contributed by atoms with van der Waals surface area (Å²) in [6.45, 7) is 4.91. The van der Waals surface area contributed by atoms with Crippen LogP contribution in [0.3, 0.4) is 0 Å². The van der Waals surface area contributed by atoms with E-state index in [1.54, 1.807) is 24.7 Å². The molecule has 1 aliphatic rings. The zero-order valence-corrected chi connectivity index (χ0v) is 15.7. The van der Waals surface area contributed by atoms with Crippen LogP contribution in [0.15, 0.2) is 54.7 Å². The van der Waals surface area contributed by atoms with Gasteiger partial charge in [-0.15, -0.1) is 0 Å². The van der Waals surface area contributed by atoms with E-state index in [-0.39, 0.29) is 0 Å². The molecule has 0 bridgehead atoms. The lowest BCUT2D eigenvalue weighted by molar-refractivity contribution is 0.210. The summed E-state index contributed by atoms with van der Waals surface area (Å²) in [6.07, 6.45) is 4.21. The molecule has 0 radical (unpaired) electrons. The number of aromatic nitrogens is 4. The van der Waals surface area contributed by atoms with Crippen LogP contribution in [0.5, 0.6) is 0 Å². The van der Waals surface area contributed by atoms with Crippen molar-refractivity contribution >= 4 is 0 Å². The Morgan fingerprint density at radius 3 is 1.69 bits per heavy atom. The van der Waals surface area contributed by atoms with Gasteiger partial charge in [0.1, 0.15) is 0 Å². The standard InChI is InChI=1S/C19H20N6O4/c1-4-14(26-10-1)18-20-16(28-22-18)12-24-6-3-7-25(9-8-24)13-17-21-19(23-29-17)15-5-2-11-27-15/h1-2,4-5,10-11H,3,6-9,12-13H2. The lowest BCUT2D eigenvalue weighted by Crippen LogP contribution is -2.30. The molecule has 4 aromatic heterocycles. The monoisotopic (exact) mass is 396 g/mol. The molecule has 5 rings (SSSR count). The minimum Gasteiger partial charge on any atom is -0.461 e. The minimum absolute atomic E-state index is 0.477. The first-order valence-corrected chi connectivity index (χ1v) is 9.51. The Kier molecular flexibility index (Phi) is 4.93. The van der Waals surface area contributed by atoms with Gasteiger partial charge in [-0.25, -0.2) is 0 Å². The Morgan fingerprint density at radius 2 is 1.24 bits per heavy atom. The fourth-order valence-corrected chi connectivity index (χ4v) is 3.37. The van der Waals surface area contributed by atoms with Crippen LogP contribution in [-0.2, 0) is 13.1 Å². The normalized spacial score (nSPS) is 16.3. The molecule has 1 fully saturated rings. The van der Waals surface area contributed by atoms with Crippen molar-refractivity contribution < 1.29 is 17.9 Å². The summed E-state index contributed by atoms with van der Waals surface area (Å²) >= 11 is 0. The maximum absolute atomic E-state index is 5.37. The first kappa shape index (κ1) is 17.8. The highest BCUT2D eigenvalue weighted by Gasteiger charge is 2.20. The first-order chi connectivity index (χ1) is 14.3. The van der Waals surface area contributed by atoms with Gasteiger partial charge in [0.25, 0.3) is 0 Å². The molecule has 10 nitrogen and oxygen atoms in total. The third-order valence-electron chi connectivity index (χ3n) is 4.82. The lowest BCUT2D eigenvalue weighted by Gasteiger charge is -2.19. The molecule has 0 aromatic carbocycles. The quantitative estimate of drug-likeness (QED) is 0.482. The molecule has 0 spiro atoms. The zero-order valence-electron chi connectivity index (χ0n) is 15.7. The van der Waals surface area contributed by atoms with Crippen molar-refractivity contribution in [2.75, 3.05) is 26.2 Å². The second-order valence-corrected chi connectivity index (χ2v) is 6.88. The largest absolute Gasteiger partial charge is 0.461 e. The number of furan rings is 2. The van der Waals surface area contributed by atoms with Gasteiger partial charge in [-0.1, -0.05) is 10.3 Å². The second-order valence-electron chi connectivity index (χ2n) is 6.88. The predicted octanol–water partition coefficient (Wildman–Crippen LogP) is 2.68. The van der Waals surface area contributed by atoms with Crippen molar-refractivity contribution in [3.8, 4) is 23.2 Å². The van der Waals surface area contributed by atoms with E-state index in [2.05, 4.69) is 30.1 Å². The third kappa shape index (κ3) is 4.13. The number of hydrogen-bond donors (Lipinski definition) is 0. The molecule has 29 heavy (non-hydrogen) atoms. The molecular formula is C19H20N6O4. The topological polar surface area (TPSA) is 111 Å². The van der Waals surface area contributed by atoms with Gasteiger partial charge < -0.3 is 17.9 Å². The zero-order chi connectivity index (χ0) is 19.5. The van der Waals surface area contributed by atoms with E-state index < -0.39 is 0 Å². The smallest absolute Gasteiger partial charge is 0.241 e. The van der Waals surface area contributed by atoms with Crippen molar-refractivity contribution in [3.05, 3.63) is 48.6 Å². The van der Waals surface area contributed by atoms with Crippen LogP contribution >= 0.6 is 0 Å². The molecule has 0 aliphatic carbocycles. The van der Waals surface area contributed by atoms with Crippen molar-refractivity contribution in [1.82, 2.24) is 30.1 Å². The number of nitrogens with zero attached hydrogens (tertiary/aromatic N) is 6. The predicted molar refractivity (Wildman–Crippen MR) is 99.2 cm³/mol. The number of rotatable bonds is 6. The van der Waals surface area contributed by atoms with Crippen LogP contribution in [0.4, 0.5) is 0 Å². The third-order valence-corrected chi connectivity index (χ3v) is 4.82. The van der Waals surface area contributed by atoms with Crippen LogP contribution in [0.2, 0.25) is 0 Å². The van der Waals surface area contributed by atoms with Crippen LogP contribution in [0.1, 0.15) is 18.2 Å². The number of hydrogen-bond acceptors (Lipinski definition) is 10. The summed E-state index contributed by atoms with van der Waals surface area (Å²) in [4.78, 5) is 13.5. The molecule has 4 aromatic rings.